The highest BCUT2D eigenvalue weighted by Crippen LogP contribution is 2.54. The second kappa shape index (κ2) is 5.11. The first-order valence-electron chi connectivity index (χ1n) is 8.93. The van der Waals surface area contributed by atoms with Crippen LogP contribution in [0, 0.1) is 23.7 Å². The zero-order valence-corrected chi connectivity index (χ0v) is 14.0. The van der Waals surface area contributed by atoms with Crippen molar-refractivity contribution >= 4 is 5.91 Å². The molecule has 118 valence electrons. The number of carbonyl (C=O) groups is 1. The summed E-state index contributed by atoms with van der Waals surface area (Å²) in [5.41, 5.74) is 4.24. The first-order chi connectivity index (χ1) is 10.6. The highest BCUT2D eigenvalue weighted by molar-refractivity contribution is 5.94. The van der Waals surface area contributed by atoms with Gasteiger partial charge in [0.05, 0.1) is 0 Å². The van der Waals surface area contributed by atoms with Crippen LogP contribution in [-0.4, -0.2) is 23.9 Å². The molecule has 0 radical (unpaired) electrons. The summed E-state index contributed by atoms with van der Waals surface area (Å²) in [4.78, 5) is 14.6. The van der Waals surface area contributed by atoms with Gasteiger partial charge in [0.25, 0.3) is 0 Å². The van der Waals surface area contributed by atoms with Gasteiger partial charge in [-0.05, 0) is 69.6 Å². The van der Waals surface area contributed by atoms with E-state index >= 15 is 0 Å². The van der Waals surface area contributed by atoms with Crippen LogP contribution in [0.25, 0.3) is 0 Å². The second-order valence-corrected chi connectivity index (χ2v) is 7.80. The standard InChI is InChI=1S/C20H27NO/c1-12-11-19-15(13(2)20(22)21(12)3)9-10-17-16-6-4-5-14(16)7-8-18(17)19/h4-6,12,14,17-19H,7-11H2,1-3H3. The van der Waals surface area contributed by atoms with Gasteiger partial charge in [-0.15, -0.1) is 0 Å². The van der Waals surface area contributed by atoms with Crippen LogP contribution in [0.4, 0.5) is 0 Å². The zero-order valence-electron chi connectivity index (χ0n) is 14.0. The fraction of sp³-hybridized carbons (Fsp3) is 0.650. The molecule has 0 spiro atoms. The van der Waals surface area contributed by atoms with Crippen LogP contribution in [-0.2, 0) is 4.79 Å². The predicted molar refractivity (Wildman–Crippen MR) is 89.2 cm³/mol. The van der Waals surface area contributed by atoms with Gasteiger partial charge in [0.2, 0.25) is 5.91 Å². The number of hydrogen-bond acceptors (Lipinski definition) is 1. The zero-order chi connectivity index (χ0) is 15.4. The summed E-state index contributed by atoms with van der Waals surface area (Å²) in [6, 6.07) is 0.358. The molecule has 0 N–H and O–H groups in total. The van der Waals surface area contributed by atoms with Gasteiger partial charge >= 0.3 is 0 Å². The molecule has 2 heteroatoms. The first-order valence-corrected chi connectivity index (χ1v) is 8.93. The number of hydrogen-bond donors (Lipinski definition) is 0. The molecular formula is C20H27NO. The Balaban J connectivity index is 1.71. The van der Waals surface area contributed by atoms with E-state index in [1.54, 1.807) is 5.57 Å². The van der Waals surface area contributed by atoms with Crippen molar-refractivity contribution in [2.75, 3.05) is 7.05 Å². The van der Waals surface area contributed by atoms with Crippen molar-refractivity contribution in [3.63, 3.8) is 0 Å². The lowest BCUT2D eigenvalue weighted by molar-refractivity contribution is -0.127. The van der Waals surface area contributed by atoms with Crippen molar-refractivity contribution in [1.29, 1.82) is 0 Å². The lowest BCUT2D eigenvalue weighted by Gasteiger charge is -2.46. The Morgan fingerprint density at radius 3 is 2.82 bits per heavy atom. The molecule has 5 atom stereocenters. The van der Waals surface area contributed by atoms with Gasteiger partial charge < -0.3 is 4.90 Å². The molecule has 4 rings (SSSR count). The summed E-state index contributed by atoms with van der Waals surface area (Å²) in [7, 11) is 1.98. The van der Waals surface area contributed by atoms with Gasteiger partial charge in [-0.3, -0.25) is 4.79 Å². The Morgan fingerprint density at radius 2 is 2.00 bits per heavy atom. The van der Waals surface area contributed by atoms with Crippen LogP contribution in [0.1, 0.15) is 46.0 Å². The Kier molecular flexibility index (Phi) is 3.32. The highest BCUT2D eigenvalue weighted by Gasteiger charge is 2.45. The van der Waals surface area contributed by atoms with Gasteiger partial charge in [0, 0.05) is 18.7 Å². The van der Waals surface area contributed by atoms with E-state index in [2.05, 4.69) is 32.1 Å². The number of fused-ring (bicyclic) bond motifs is 5. The summed E-state index contributed by atoms with van der Waals surface area (Å²) >= 11 is 0. The van der Waals surface area contributed by atoms with E-state index < -0.39 is 0 Å². The largest absolute Gasteiger partial charge is 0.339 e. The summed E-state index contributed by atoms with van der Waals surface area (Å²) in [6.07, 6.45) is 13.2. The molecule has 2 nitrogen and oxygen atoms in total. The van der Waals surface area contributed by atoms with Crippen molar-refractivity contribution in [2.45, 2.75) is 52.0 Å². The van der Waals surface area contributed by atoms with Crippen LogP contribution in [0.2, 0.25) is 0 Å². The van der Waals surface area contributed by atoms with Gasteiger partial charge in [-0.1, -0.05) is 29.4 Å². The smallest absolute Gasteiger partial charge is 0.249 e. The van der Waals surface area contributed by atoms with Crippen LogP contribution in [0.3, 0.4) is 0 Å². The van der Waals surface area contributed by atoms with E-state index in [4.69, 9.17) is 0 Å². The summed E-state index contributed by atoms with van der Waals surface area (Å²) in [5.74, 6) is 3.15. The van der Waals surface area contributed by atoms with Crippen LogP contribution < -0.4 is 0 Å². The third-order valence-electron chi connectivity index (χ3n) is 6.88. The number of rotatable bonds is 0. The minimum absolute atomic E-state index is 0.263. The van der Waals surface area contributed by atoms with E-state index in [9.17, 15) is 4.79 Å². The Bertz CT molecular complexity index is 597. The average molecular weight is 297 g/mol. The van der Waals surface area contributed by atoms with E-state index in [1.165, 1.54) is 24.8 Å². The highest BCUT2D eigenvalue weighted by atomic mass is 16.2. The number of amides is 1. The summed E-state index contributed by atoms with van der Waals surface area (Å²) < 4.78 is 0. The van der Waals surface area contributed by atoms with Crippen LogP contribution >= 0.6 is 0 Å². The Hall–Kier alpha value is -1.31. The summed E-state index contributed by atoms with van der Waals surface area (Å²) in [6.45, 7) is 4.29. The van der Waals surface area contributed by atoms with Gasteiger partial charge in [0.15, 0.2) is 0 Å². The van der Waals surface area contributed by atoms with Gasteiger partial charge in [-0.2, -0.15) is 0 Å². The maximum absolute atomic E-state index is 12.6. The third-order valence-corrected chi connectivity index (χ3v) is 6.88. The fourth-order valence-electron chi connectivity index (χ4n) is 5.54. The molecule has 5 unspecified atom stereocenters. The predicted octanol–water partition coefficient (Wildman–Crippen LogP) is 4.10. The molecule has 4 aliphatic rings. The number of nitrogens with zero attached hydrogens (tertiary/aromatic N) is 1. The number of allylic oxidation sites excluding steroid dienone is 5. The van der Waals surface area contributed by atoms with E-state index in [1.807, 2.05) is 11.9 Å². The number of likely N-dealkylation sites (N-methyl/N-ethyl adjacent to an activating group) is 1. The first kappa shape index (κ1) is 14.3. The molecule has 0 bridgehead atoms. The molecule has 1 heterocycles. The molecule has 1 aliphatic heterocycles. The maximum atomic E-state index is 12.6. The lowest BCUT2D eigenvalue weighted by Crippen LogP contribution is -2.38. The SMILES string of the molecule is CC1=C2CCC3C4=CC=CC4CCC3C2CC(C)N(C)C1=O. The average Bonchev–Trinajstić information content (AvgIpc) is 2.98. The van der Waals surface area contributed by atoms with Gasteiger partial charge in [-0.25, -0.2) is 0 Å². The van der Waals surface area contributed by atoms with Crippen molar-refractivity contribution in [3.05, 3.63) is 34.9 Å². The Morgan fingerprint density at radius 1 is 1.18 bits per heavy atom. The molecule has 2 fully saturated rings. The van der Waals surface area contributed by atoms with Crippen molar-refractivity contribution in [1.82, 2.24) is 4.90 Å². The second-order valence-electron chi connectivity index (χ2n) is 7.80. The maximum Gasteiger partial charge on any atom is 0.249 e. The van der Waals surface area contributed by atoms with E-state index in [0.717, 1.165) is 36.2 Å². The number of carbonyl (C=O) groups excluding carboxylic acids is 1. The minimum Gasteiger partial charge on any atom is -0.339 e. The summed E-state index contributed by atoms with van der Waals surface area (Å²) in [5, 5.41) is 0. The molecular weight excluding hydrogens is 270 g/mol. The minimum atomic E-state index is 0.263. The molecule has 0 aromatic carbocycles. The van der Waals surface area contributed by atoms with Crippen molar-refractivity contribution in [3.8, 4) is 0 Å². The molecule has 1 amide bonds. The topological polar surface area (TPSA) is 20.3 Å². The van der Waals surface area contributed by atoms with Crippen molar-refractivity contribution < 1.29 is 4.79 Å². The monoisotopic (exact) mass is 297 g/mol. The van der Waals surface area contributed by atoms with E-state index in [-0.39, 0.29) is 5.91 Å². The third kappa shape index (κ3) is 1.96. The quantitative estimate of drug-likeness (QED) is 0.659. The van der Waals surface area contributed by atoms with Crippen LogP contribution in [0.15, 0.2) is 34.9 Å². The van der Waals surface area contributed by atoms with E-state index in [0.29, 0.717) is 12.0 Å². The lowest BCUT2D eigenvalue weighted by atomic mass is 9.58. The molecule has 22 heavy (non-hydrogen) atoms. The fourth-order valence-corrected chi connectivity index (χ4v) is 5.54. The normalized spacial score (nSPS) is 40.9. The molecule has 2 saturated carbocycles. The molecule has 0 saturated heterocycles. The molecule has 3 aliphatic carbocycles. The van der Waals surface area contributed by atoms with Gasteiger partial charge in [0.1, 0.15) is 0 Å². The Labute approximate surface area is 134 Å². The van der Waals surface area contributed by atoms with Crippen molar-refractivity contribution in [2.24, 2.45) is 23.7 Å². The van der Waals surface area contributed by atoms with Crippen LogP contribution in [0.5, 0.6) is 0 Å². The molecule has 0 aromatic heterocycles. The molecule has 0 aromatic rings.